The van der Waals surface area contributed by atoms with Crippen molar-refractivity contribution in [3.8, 4) is 0 Å². The number of aromatic carboxylic acids is 2. The van der Waals surface area contributed by atoms with Crippen LogP contribution in [0.1, 0.15) is 57.9 Å². The van der Waals surface area contributed by atoms with Gasteiger partial charge >= 0.3 is 0 Å². The Morgan fingerprint density at radius 3 is 1.39 bits per heavy atom. The molecule has 0 aromatic heterocycles. The van der Waals surface area contributed by atoms with Crippen LogP contribution in [0.4, 0.5) is 0 Å². The first-order valence-electron chi connectivity index (χ1n) is 5.23. The van der Waals surface area contributed by atoms with Gasteiger partial charge in [-0.1, -0.05) is 12.1 Å². The number of benzene rings is 1. The van der Waals surface area contributed by atoms with Gasteiger partial charge in [0.15, 0.2) is 0 Å². The molecule has 0 fully saturated rings. The van der Waals surface area contributed by atoms with Crippen LogP contribution in [0.5, 0.6) is 0 Å². The summed E-state index contributed by atoms with van der Waals surface area (Å²) in [5, 5.41) is 41.0. The quantitative estimate of drug-likeness (QED) is 0.674. The normalized spacial score (nSPS) is 14.0. The lowest BCUT2D eigenvalue weighted by Gasteiger charge is -2.23. The van der Waals surface area contributed by atoms with E-state index in [2.05, 4.69) is 0 Å². The molecule has 1 rings (SSSR count). The van der Waals surface area contributed by atoms with Gasteiger partial charge in [-0.15, -0.1) is 0 Å². The van der Waals surface area contributed by atoms with E-state index >= 15 is 0 Å². The molecule has 98 valence electrons. The smallest absolute Gasteiger partial charge is 0.0772 e. The van der Waals surface area contributed by atoms with E-state index in [0.29, 0.717) is 0 Å². The summed E-state index contributed by atoms with van der Waals surface area (Å²) >= 11 is 0. The van der Waals surface area contributed by atoms with Crippen molar-refractivity contribution in [3.05, 3.63) is 34.4 Å². The van der Waals surface area contributed by atoms with Gasteiger partial charge in [0.05, 0.1) is 24.1 Å². The van der Waals surface area contributed by atoms with Gasteiger partial charge in [-0.05, 0) is 25.0 Å². The molecule has 2 atom stereocenters. The SMILES string of the molecule is CC(O)c1c(C(=O)[O-])ccc(C(=O)[O-])c1C(C)O. The van der Waals surface area contributed by atoms with Crippen LogP contribution in [-0.2, 0) is 0 Å². The van der Waals surface area contributed by atoms with Gasteiger partial charge in [-0.2, -0.15) is 0 Å². The van der Waals surface area contributed by atoms with E-state index in [-0.39, 0.29) is 22.3 Å². The molecule has 0 aliphatic heterocycles. The minimum absolute atomic E-state index is 0.174. The highest BCUT2D eigenvalue weighted by Crippen LogP contribution is 2.30. The number of carbonyl (C=O) groups excluding carboxylic acids is 2. The monoisotopic (exact) mass is 252 g/mol. The Kier molecular flexibility index (Phi) is 4.05. The third kappa shape index (κ3) is 2.49. The Labute approximate surface area is 103 Å². The van der Waals surface area contributed by atoms with Crippen molar-refractivity contribution < 1.29 is 30.0 Å². The van der Waals surface area contributed by atoms with E-state index in [4.69, 9.17) is 0 Å². The van der Waals surface area contributed by atoms with Gasteiger partial charge in [0.1, 0.15) is 0 Å². The summed E-state index contributed by atoms with van der Waals surface area (Å²) in [7, 11) is 0. The molecule has 0 spiro atoms. The summed E-state index contributed by atoms with van der Waals surface area (Å²) in [6, 6.07) is 2.02. The summed E-state index contributed by atoms with van der Waals surface area (Å²) in [5.74, 6) is -3.12. The first kappa shape index (κ1) is 14.1. The third-order valence-corrected chi connectivity index (χ3v) is 2.56. The second-order valence-electron chi connectivity index (χ2n) is 3.91. The number of carboxylic acids is 2. The molecule has 0 saturated heterocycles. The fraction of sp³-hybridized carbons (Fsp3) is 0.333. The van der Waals surface area contributed by atoms with Crippen LogP contribution in [0.2, 0.25) is 0 Å². The van der Waals surface area contributed by atoms with Crippen LogP contribution in [-0.4, -0.2) is 22.2 Å². The number of rotatable bonds is 4. The Hall–Kier alpha value is -1.92. The minimum Gasteiger partial charge on any atom is -0.545 e. The lowest BCUT2D eigenvalue weighted by Crippen LogP contribution is -2.29. The highest BCUT2D eigenvalue weighted by atomic mass is 16.4. The number of hydrogen-bond acceptors (Lipinski definition) is 6. The first-order valence-corrected chi connectivity index (χ1v) is 5.23. The Balaban J connectivity index is 3.71. The van der Waals surface area contributed by atoms with Gasteiger partial charge in [-0.3, -0.25) is 0 Å². The van der Waals surface area contributed by atoms with Crippen LogP contribution < -0.4 is 10.2 Å². The molecule has 18 heavy (non-hydrogen) atoms. The number of aliphatic hydroxyl groups excluding tert-OH is 2. The van der Waals surface area contributed by atoms with E-state index in [9.17, 15) is 30.0 Å². The van der Waals surface area contributed by atoms with E-state index in [1.807, 2.05) is 0 Å². The number of aliphatic hydroxyl groups is 2. The predicted octanol–water partition coefficient (Wildman–Crippen LogP) is -1.48. The van der Waals surface area contributed by atoms with Crippen LogP contribution in [0, 0.1) is 0 Å². The van der Waals surface area contributed by atoms with Gasteiger partial charge in [-0.25, -0.2) is 0 Å². The molecule has 0 saturated carbocycles. The molecule has 0 bridgehead atoms. The third-order valence-electron chi connectivity index (χ3n) is 2.56. The number of carbonyl (C=O) groups is 2. The van der Waals surface area contributed by atoms with Gasteiger partial charge in [0.2, 0.25) is 0 Å². The van der Waals surface area contributed by atoms with Crippen molar-refractivity contribution in [2.45, 2.75) is 26.1 Å². The summed E-state index contributed by atoms with van der Waals surface area (Å²) in [5.41, 5.74) is -1.06. The van der Waals surface area contributed by atoms with Crippen LogP contribution in [0.25, 0.3) is 0 Å². The highest BCUT2D eigenvalue weighted by molar-refractivity contribution is 5.93. The van der Waals surface area contributed by atoms with Crippen molar-refractivity contribution in [1.29, 1.82) is 0 Å². The minimum atomic E-state index is -1.56. The van der Waals surface area contributed by atoms with E-state index in [0.717, 1.165) is 12.1 Å². The maximum absolute atomic E-state index is 10.9. The average molecular weight is 252 g/mol. The molecule has 1 aromatic rings. The van der Waals surface area contributed by atoms with E-state index in [1.54, 1.807) is 0 Å². The number of hydrogen-bond donors (Lipinski definition) is 2. The fourth-order valence-corrected chi connectivity index (χ4v) is 1.89. The average Bonchev–Trinajstić information content (AvgIpc) is 2.26. The molecule has 0 radical (unpaired) electrons. The zero-order valence-corrected chi connectivity index (χ0v) is 9.84. The van der Waals surface area contributed by atoms with Gasteiger partial charge in [0, 0.05) is 11.1 Å². The van der Waals surface area contributed by atoms with Crippen molar-refractivity contribution in [3.63, 3.8) is 0 Å². The lowest BCUT2D eigenvalue weighted by atomic mass is 9.90. The predicted molar refractivity (Wildman–Crippen MR) is 56.4 cm³/mol. The summed E-state index contributed by atoms with van der Waals surface area (Å²) in [4.78, 5) is 21.8. The molecular weight excluding hydrogens is 240 g/mol. The molecule has 1 aromatic carbocycles. The molecule has 2 unspecified atom stereocenters. The Bertz CT molecular complexity index is 445. The summed E-state index contributed by atoms with van der Waals surface area (Å²) in [6.07, 6.45) is -2.52. The summed E-state index contributed by atoms with van der Waals surface area (Å²) in [6.45, 7) is 2.54. The fourth-order valence-electron chi connectivity index (χ4n) is 1.89. The van der Waals surface area contributed by atoms with E-state index < -0.39 is 24.1 Å². The number of carboxylic acid groups (broad SMARTS) is 2. The summed E-state index contributed by atoms with van der Waals surface area (Å²) < 4.78 is 0. The van der Waals surface area contributed by atoms with Crippen molar-refractivity contribution in [2.75, 3.05) is 0 Å². The highest BCUT2D eigenvalue weighted by Gasteiger charge is 2.21. The molecular formula is C12H12O6-2. The molecule has 0 aliphatic rings. The van der Waals surface area contributed by atoms with E-state index in [1.165, 1.54) is 13.8 Å². The topological polar surface area (TPSA) is 121 Å². The Morgan fingerprint density at radius 2 is 1.22 bits per heavy atom. The first-order chi connectivity index (χ1) is 8.27. The van der Waals surface area contributed by atoms with Crippen molar-refractivity contribution in [1.82, 2.24) is 0 Å². The van der Waals surface area contributed by atoms with Crippen LogP contribution in [0.15, 0.2) is 12.1 Å². The Morgan fingerprint density at radius 1 is 0.944 bits per heavy atom. The zero-order valence-electron chi connectivity index (χ0n) is 9.84. The van der Waals surface area contributed by atoms with Gasteiger partial charge < -0.3 is 30.0 Å². The molecule has 2 N–H and O–H groups in total. The molecule has 0 aliphatic carbocycles. The standard InChI is InChI=1S/C12H14O6/c1-5(13)9-7(11(15)16)3-4-8(12(17)18)10(9)6(2)14/h3-6,13-14H,1-2H3,(H,15,16)(H,17,18)/p-2. The zero-order chi connectivity index (χ0) is 14.0. The maximum Gasteiger partial charge on any atom is 0.0772 e. The molecule has 0 heterocycles. The second kappa shape index (κ2) is 5.16. The van der Waals surface area contributed by atoms with Crippen LogP contribution >= 0.6 is 0 Å². The maximum atomic E-state index is 10.9. The largest absolute Gasteiger partial charge is 0.545 e. The molecule has 6 heteroatoms. The second-order valence-corrected chi connectivity index (χ2v) is 3.91. The van der Waals surface area contributed by atoms with Crippen molar-refractivity contribution >= 4 is 11.9 Å². The molecule has 6 nitrogen and oxygen atoms in total. The molecule has 0 amide bonds. The lowest BCUT2D eigenvalue weighted by molar-refractivity contribution is -0.256. The van der Waals surface area contributed by atoms with Crippen LogP contribution in [0.3, 0.4) is 0 Å². The van der Waals surface area contributed by atoms with Gasteiger partial charge in [0.25, 0.3) is 0 Å². The van der Waals surface area contributed by atoms with Crippen molar-refractivity contribution in [2.24, 2.45) is 0 Å².